The Labute approximate surface area is 223 Å². The van der Waals surface area contributed by atoms with Crippen LogP contribution in [0.4, 0.5) is 0 Å². The lowest BCUT2D eigenvalue weighted by molar-refractivity contribution is -0.120. The Morgan fingerprint density at radius 3 is 2.50 bits per heavy atom. The summed E-state index contributed by atoms with van der Waals surface area (Å²) < 4.78 is 6.02. The van der Waals surface area contributed by atoms with Crippen molar-refractivity contribution in [1.29, 1.82) is 0 Å². The Morgan fingerprint density at radius 1 is 0.974 bits per heavy atom. The number of aromatic nitrogens is 1. The monoisotopic (exact) mass is 504 g/mol. The predicted octanol–water partition coefficient (Wildman–Crippen LogP) is 6.46. The molecule has 0 spiro atoms. The third-order valence-electron chi connectivity index (χ3n) is 7.06. The van der Waals surface area contributed by atoms with E-state index < -0.39 is 5.60 Å². The second kappa shape index (κ2) is 10.3. The minimum atomic E-state index is -1.31. The Balaban J connectivity index is 1.39. The number of aliphatic hydroxyl groups is 1. The number of fused-ring (bicyclic) bond motifs is 1. The standard InChI is InChI=1S/C33H32N2O3/c1-21-10-12-28(22(2)16-21)32(25-8-6-5-7-9-25)35-31(36)19-24-11-13-29-26(18-24)20-30(38-29)33(4,37)27-14-15-34-23(3)17-27/h5-18,20,32,37H,19H2,1-4H3,(H,35,36)/t32-,33?/m0/s1. The maximum Gasteiger partial charge on any atom is 0.225 e. The highest BCUT2D eigenvalue weighted by Crippen LogP contribution is 2.34. The summed E-state index contributed by atoms with van der Waals surface area (Å²) in [6.07, 6.45) is 1.91. The van der Waals surface area contributed by atoms with Gasteiger partial charge in [0.2, 0.25) is 5.91 Å². The number of rotatable bonds is 7. The molecule has 1 unspecified atom stereocenters. The van der Waals surface area contributed by atoms with Gasteiger partial charge in [-0.2, -0.15) is 0 Å². The van der Waals surface area contributed by atoms with E-state index in [1.54, 1.807) is 19.2 Å². The molecular weight excluding hydrogens is 472 g/mol. The zero-order valence-electron chi connectivity index (χ0n) is 22.2. The van der Waals surface area contributed by atoms with E-state index in [4.69, 9.17) is 4.42 Å². The van der Waals surface area contributed by atoms with Crippen molar-refractivity contribution >= 4 is 16.9 Å². The third kappa shape index (κ3) is 5.24. The van der Waals surface area contributed by atoms with Crippen molar-refractivity contribution < 1.29 is 14.3 Å². The van der Waals surface area contributed by atoms with Gasteiger partial charge >= 0.3 is 0 Å². The molecule has 5 aromatic rings. The summed E-state index contributed by atoms with van der Waals surface area (Å²) in [4.78, 5) is 17.5. The van der Waals surface area contributed by atoms with Crippen LogP contribution in [0.15, 0.2) is 95.5 Å². The average Bonchev–Trinajstić information content (AvgIpc) is 3.33. The number of nitrogens with zero attached hydrogens (tertiary/aromatic N) is 1. The molecule has 0 fully saturated rings. The number of benzene rings is 3. The molecule has 2 N–H and O–H groups in total. The minimum Gasteiger partial charge on any atom is -0.458 e. The van der Waals surface area contributed by atoms with Gasteiger partial charge < -0.3 is 14.8 Å². The summed E-state index contributed by atoms with van der Waals surface area (Å²) in [6, 6.07) is 27.3. The molecule has 0 aliphatic heterocycles. The first-order chi connectivity index (χ1) is 18.2. The van der Waals surface area contributed by atoms with E-state index in [1.165, 1.54) is 5.56 Å². The van der Waals surface area contributed by atoms with Crippen LogP contribution in [-0.4, -0.2) is 16.0 Å². The van der Waals surface area contributed by atoms with Gasteiger partial charge in [0, 0.05) is 17.3 Å². The number of amides is 1. The van der Waals surface area contributed by atoms with E-state index in [-0.39, 0.29) is 18.4 Å². The Morgan fingerprint density at radius 2 is 1.76 bits per heavy atom. The summed E-state index contributed by atoms with van der Waals surface area (Å²) >= 11 is 0. The van der Waals surface area contributed by atoms with Crippen LogP contribution in [0, 0.1) is 20.8 Å². The van der Waals surface area contributed by atoms with E-state index in [9.17, 15) is 9.90 Å². The molecule has 0 saturated heterocycles. The Hall–Kier alpha value is -4.22. The van der Waals surface area contributed by atoms with E-state index in [0.29, 0.717) is 16.9 Å². The van der Waals surface area contributed by atoms with E-state index in [0.717, 1.165) is 33.3 Å². The fourth-order valence-electron chi connectivity index (χ4n) is 4.97. The number of carbonyl (C=O) groups is 1. The molecule has 2 aromatic heterocycles. The van der Waals surface area contributed by atoms with Crippen LogP contribution < -0.4 is 5.32 Å². The van der Waals surface area contributed by atoms with Crippen LogP contribution in [0.5, 0.6) is 0 Å². The van der Waals surface area contributed by atoms with E-state index >= 15 is 0 Å². The molecule has 192 valence electrons. The topological polar surface area (TPSA) is 75.4 Å². The lowest BCUT2D eigenvalue weighted by Crippen LogP contribution is -2.31. The first-order valence-corrected chi connectivity index (χ1v) is 12.8. The molecule has 5 rings (SSSR count). The summed E-state index contributed by atoms with van der Waals surface area (Å²) in [5.41, 5.74) is 6.21. The molecule has 5 heteroatoms. The Kier molecular flexibility index (Phi) is 6.87. The predicted molar refractivity (Wildman–Crippen MR) is 150 cm³/mol. The number of hydrogen-bond donors (Lipinski definition) is 2. The first-order valence-electron chi connectivity index (χ1n) is 12.8. The SMILES string of the molecule is Cc1ccc([C@@H](NC(=O)Cc2ccc3oc(C(C)(O)c4ccnc(C)c4)cc3c2)c2ccccc2)c(C)c1. The lowest BCUT2D eigenvalue weighted by Gasteiger charge is -2.22. The largest absolute Gasteiger partial charge is 0.458 e. The number of hydrogen-bond acceptors (Lipinski definition) is 4. The van der Waals surface area contributed by atoms with Crippen molar-refractivity contribution in [3.05, 3.63) is 136 Å². The Bertz CT molecular complexity index is 1600. The maximum absolute atomic E-state index is 13.3. The normalized spacial score (nSPS) is 13.7. The highest BCUT2D eigenvalue weighted by atomic mass is 16.4. The molecule has 0 bridgehead atoms. The zero-order chi connectivity index (χ0) is 26.9. The smallest absolute Gasteiger partial charge is 0.225 e. The van der Waals surface area contributed by atoms with Gasteiger partial charge in [-0.05, 0) is 85.8 Å². The third-order valence-corrected chi connectivity index (χ3v) is 7.06. The quantitative estimate of drug-likeness (QED) is 0.267. The number of carbonyl (C=O) groups excluding carboxylic acids is 1. The van der Waals surface area contributed by atoms with E-state index in [2.05, 4.69) is 42.3 Å². The highest BCUT2D eigenvalue weighted by molar-refractivity contribution is 5.83. The van der Waals surface area contributed by atoms with Gasteiger partial charge in [-0.1, -0.05) is 60.2 Å². The highest BCUT2D eigenvalue weighted by Gasteiger charge is 2.30. The van der Waals surface area contributed by atoms with E-state index in [1.807, 2.05) is 67.6 Å². The second-order valence-corrected chi connectivity index (χ2v) is 10.2. The maximum atomic E-state index is 13.3. The number of pyridine rings is 1. The van der Waals surface area contributed by atoms with Crippen molar-refractivity contribution in [1.82, 2.24) is 10.3 Å². The summed E-state index contributed by atoms with van der Waals surface area (Å²) in [5, 5.41) is 15.4. The number of aryl methyl sites for hydroxylation is 3. The molecule has 0 aliphatic carbocycles. The molecule has 2 heterocycles. The van der Waals surface area contributed by atoms with Crippen LogP contribution in [0.3, 0.4) is 0 Å². The van der Waals surface area contributed by atoms with Gasteiger partial charge in [-0.3, -0.25) is 9.78 Å². The van der Waals surface area contributed by atoms with Crippen molar-refractivity contribution in [3.8, 4) is 0 Å². The van der Waals surface area contributed by atoms with Gasteiger partial charge in [0.05, 0.1) is 12.5 Å². The van der Waals surface area contributed by atoms with Crippen LogP contribution in [0.2, 0.25) is 0 Å². The van der Waals surface area contributed by atoms with Crippen molar-refractivity contribution in [2.45, 2.75) is 45.8 Å². The molecule has 1 amide bonds. The number of nitrogens with one attached hydrogen (secondary N) is 1. The fraction of sp³-hybridized carbons (Fsp3) is 0.212. The van der Waals surface area contributed by atoms with Gasteiger partial charge in [0.1, 0.15) is 16.9 Å². The zero-order valence-corrected chi connectivity index (χ0v) is 22.2. The molecule has 2 atom stereocenters. The first kappa shape index (κ1) is 25.4. The fourth-order valence-corrected chi connectivity index (χ4v) is 4.97. The molecule has 3 aromatic carbocycles. The van der Waals surface area contributed by atoms with Crippen molar-refractivity contribution in [2.75, 3.05) is 0 Å². The lowest BCUT2D eigenvalue weighted by atomic mass is 9.93. The van der Waals surface area contributed by atoms with Gasteiger partial charge in [0.15, 0.2) is 0 Å². The van der Waals surface area contributed by atoms with Gasteiger partial charge in [0.25, 0.3) is 0 Å². The molecule has 0 saturated carbocycles. The minimum absolute atomic E-state index is 0.0684. The molecular formula is C33H32N2O3. The second-order valence-electron chi connectivity index (χ2n) is 10.2. The molecule has 38 heavy (non-hydrogen) atoms. The summed E-state index contributed by atoms with van der Waals surface area (Å²) in [7, 11) is 0. The summed E-state index contributed by atoms with van der Waals surface area (Å²) in [5.74, 6) is 0.375. The van der Waals surface area contributed by atoms with Crippen molar-refractivity contribution in [3.63, 3.8) is 0 Å². The van der Waals surface area contributed by atoms with Crippen molar-refractivity contribution in [2.24, 2.45) is 0 Å². The molecule has 0 aliphatic rings. The van der Waals surface area contributed by atoms with Crippen LogP contribution in [0.25, 0.3) is 11.0 Å². The van der Waals surface area contributed by atoms with Crippen LogP contribution in [0.1, 0.15) is 57.8 Å². The van der Waals surface area contributed by atoms with Crippen LogP contribution >= 0.6 is 0 Å². The average molecular weight is 505 g/mol. The molecule has 5 nitrogen and oxygen atoms in total. The molecule has 0 radical (unpaired) electrons. The number of furan rings is 1. The van der Waals surface area contributed by atoms with Gasteiger partial charge in [-0.25, -0.2) is 0 Å². The van der Waals surface area contributed by atoms with Gasteiger partial charge in [-0.15, -0.1) is 0 Å². The summed E-state index contributed by atoms with van der Waals surface area (Å²) in [6.45, 7) is 7.75. The van der Waals surface area contributed by atoms with Crippen LogP contribution in [-0.2, 0) is 16.8 Å².